The highest BCUT2D eigenvalue weighted by Gasteiger charge is 2.28. The van der Waals surface area contributed by atoms with Crippen molar-refractivity contribution in [2.45, 2.75) is 44.9 Å². The number of hydrogen-bond donors (Lipinski definition) is 1. The number of likely N-dealkylation sites (tertiary alicyclic amines) is 1. The van der Waals surface area contributed by atoms with Gasteiger partial charge in [-0.25, -0.2) is 9.78 Å². The Kier molecular flexibility index (Phi) is 6.76. The number of benzene rings is 2. The van der Waals surface area contributed by atoms with E-state index in [1.165, 1.54) is 5.56 Å². The molecule has 7 nitrogen and oxygen atoms in total. The normalized spacial score (nSPS) is 16.6. The molecular weight excluding hydrogens is 482 g/mol. The summed E-state index contributed by atoms with van der Waals surface area (Å²) < 4.78 is 1.87. The fourth-order valence-corrected chi connectivity index (χ4v) is 6.71. The third kappa shape index (κ3) is 5.04. The zero-order chi connectivity index (χ0) is 25.2. The van der Waals surface area contributed by atoms with Crippen LogP contribution in [0.1, 0.15) is 40.5 Å². The maximum atomic E-state index is 13.6. The first-order valence-electron chi connectivity index (χ1n) is 13.0. The van der Waals surface area contributed by atoms with E-state index in [2.05, 4.69) is 34.5 Å². The van der Waals surface area contributed by atoms with Crippen molar-refractivity contribution in [3.05, 3.63) is 98.9 Å². The van der Waals surface area contributed by atoms with Gasteiger partial charge in [0.05, 0.1) is 18.3 Å². The second kappa shape index (κ2) is 10.5. The zero-order valence-corrected chi connectivity index (χ0v) is 21.6. The van der Waals surface area contributed by atoms with Crippen LogP contribution in [0.4, 0.5) is 4.79 Å². The number of amides is 2. The summed E-state index contributed by atoms with van der Waals surface area (Å²) in [4.78, 5) is 37.3. The van der Waals surface area contributed by atoms with Crippen LogP contribution in [0.3, 0.4) is 0 Å². The van der Waals surface area contributed by atoms with Gasteiger partial charge < -0.3 is 10.2 Å². The molecule has 1 N–H and O–H groups in total. The Bertz CT molecular complexity index is 1440. The molecule has 2 aliphatic rings. The molecule has 2 aliphatic heterocycles. The summed E-state index contributed by atoms with van der Waals surface area (Å²) in [6.45, 7) is 4.52. The van der Waals surface area contributed by atoms with Crippen molar-refractivity contribution in [3.8, 4) is 0 Å². The summed E-state index contributed by atoms with van der Waals surface area (Å²) in [5, 5.41) is 3.78. The fourth-order valence-electron chi connectivity index (χ4n) is 5.51. The summed E-state index contributed by atoms with van der Waals surface area (Å²) in [6, 6.07) is 20.6. The lowest BCUT2D eigenvalue weighted by atomic mass is 10.0. The standard InChI is InChI=1S/C29H31N5O2S/c35-28-26-24-13-16-33(29(36)30-17-21-7-3-1-4-8-21)19-25(24)37-27(26)31-20-34(28)23-11-14-32(15-12-23)18-22-9-5-2-6-10-22/h1-10,20,23H,11-19H2,(H,30,36). The van der Waals surface area contributed by atoms with Gasteiger partial charge in [0.25, 0.3) is 5.56 Å². The van der Waals surface area contributed by atoms with Crippen molar-refractivity contribution in [1.82, 2.24) is 24.7 Å². The molecule has 0 bridgehead atoms. The van der Waals surface area contributed by atoms with Crippen LogP contribution in [0, 0.1) is 0 Å². The number of fused-ring (bicyclic) bond motifs is 3. The van der Waals surface area contributed by atoms with Gasteiger partial charge in [-0.05, 0) is 36.0 Å². The molecule has 1 fully saturated rings. The van der Waals surface area contributed by atoms with E-state index in [4.69, 9.17) is 4.98 Å². The van der Waals surface area contributed by atoms with Crippen molar-refractivity contribution in [2.75, 3.05) is 19.6 Å². The third-order valence-electron chi connectivity index (χ3n) is 7.56. The Labute approximate surface area is 220 Å². The fraction of sp³-hybridized carbons (Fsp3) is 0.345. The molecule has 0 atom stereocenters. The Hall–Kier alpha value is -3.49. The molecule has 4 aromatic rings. The first kappa shape index (κ1) is 23.9. The average molecular weight is 514 g/mol. The van der Waals surface area contributed by atoms with Crippen LogP contribution in [0.2, 0.25) is 0 Å². The van der Waals surface area contributed by atoms with Gasteiger partial charge in [-0.1, -0.05) is 60.7 Å². The van der Waals surface area contributed by atoms with E-state index in [0.29, 0.717) is 26.1 Å². The van der Waals surface area contributed by atoms with Gasteiger partial charge in [0.2, 0.25) is 0 Å². The van der Waals surface area contributed by atoms with Crippen LogP contribution in [-0.4, -0.2) is 45.0 Å². The molecule has 37 heavy (non-hydrogen) atoms. The number of nitrogens with zero attached hydrogens (tertiary/aromatic N) is 4. The Morgan fingerprint density at radius 1 is 0.973 bits per heavy atom. The zero-order valence-electron chi connectivity index (χ0n) is 20.8. The second-order valence-electron chi connectivity index (χ2n) is 9.95. The quantitative estimate of drug-likeness (QED) is 0.425. The number of hydrogen-bond acceptors (Lipinski definition) is 5. The van der Waals surface area contributed by atoms with E-state index < -0.39 is 0 Å². The SMILES string of the molecule is O=C(NCc1ccccc1)N1CCc2c(sc3ncn(C4CCN(Cc5ccccc5)CC4)c(=O)c23)C1. The molecule has 2 aromatic carbocycles. The van der Waals surface area contributed by atoms with E-state index >= 15 is 0 Å². The molecule has 6 rings (SSSR count). The van der Waals surface area contributed by atoms with Crippen LogP contribution in [-0.2, 0) is 26.1 Å². The van der Waals surface area contributed by atoms with Gasteiger partial charge in [-0.3, -0.25) is 14.3 Å². The number of carbonyl (C=O) groups is 1. The van der Waals surface area contributed by atoms with Crippen LogP contribution >= 0.6 is 11.3 Å². The predicted octanol–water partition coefficient (Wildman–Crippen LogP) is 4.56. The molecule has 2 amide bonds. The van der Waals surface area contributed by atoms with E-state index in [1.807, 2.05) is 45.9 Å². The van der Waals surface area contributed by atoms with Gasteiger partial charge in [0.1, 0.15) is 4.83 Å². The van der Waals surface area contributed by atoms with Crippen molar-refractivity contribution in [1.29, 1.82) is 0 Å². The van der Waals surface area contributed by atoms with Crippen LogP contribution in [0.5, 0.6) is 0 Å². The smallest absolute Gasteiger partial charge is 0.318 e. The van der Waals surface area contributed by atoms with Gasteiger partial charge in [-0.15, -0.1) is 11.3 Å². The van der Waals surface area contributed by atoms with E-state index in [9.17, 15) is 9.59 Å². The van der Waals surface area contributed by atoms with Gasteiger partial charge in [0, 0.05) is 43.6 Å². The monoisotopic (exact) mass is 513 g/mol. The number of piperidine rings is 1. The highest BCUT2D eigenvalue weighted by atomic mass is 32.1. The molecule has 0 aliphatic carbocycles. The Morgan fingerprint density at radius 3 is 2.41 bits per heavy atom. The van der Waals surface area contributed by atoms with Crippen molar-refractivity contribution in [3.63, 3.8) is 0 Å². The number of thiophene rings is 1. The number of aromatic nitrogens is 2. The lowest BCUT2D eigenvalue weighted by Gasteiger charge is -2.32. The maximum Gasteiger partial charge on any atom is 0.318 e. The van der Waals surface area contributed by atoms with Gasteiger partial charge >= 0.3 is 6.03 Å². The first-order chi connectivity index (χ1) is 18.2. The molecule has 1 saturated heterocycles. The Balaban J connectivity index is 1.13. The van der Waals surface area contributed by atoms with Gasteiger partial charge in [-0.2, -0.15) is 0 Å². The van der Waals surface area contributed by atoms with Crippen LogP contribution in [0.15, 0.2) is 71.8 Å². The minimum atomic E-state index is -0.0698. The van der Waals surface area contributed by atoms with Crippen molar-refractivity contribution < 1.29 is 4.79 Å². The van der Waals surface area contributed by atoms with E-state index in [-0.39, 0.29) is 17.6 Å². The summed E-state index contributed by atoms with van der Waals surface area (Å²) >= 11 is 1.55. The number of carbonyl (C=O) groups excluding carboxylic acids is 1. The van der Waals surface area contributed by atoms with E-state index in [1.54, 1.807) is 17.7 Å². The molecular formula is C29H31N5O2S. The topological polar surface area (TPSA) is 70.5 Å². The van der Waals surface area contributed by atoms with Crippen LogP contribution in [0.25, 0.3) is 10.2 Å². The molecule has 8 heteroatoms. The summed E-state index contributed by atoms with van der Waals surface area (Å²) in [7, 11) is 0. The molecule has 0 spiro atoms. The lowest BCUT2D eigenvalue weighted by Crippen LogP contribution is -2.42. The lowest BCUT2D eigenvalue weighted by molar-refractivity contribution is 0.177. The third-order valence-corrected chi connectivity index (χ3v) is 8.68. The Morgan fingerprint density at radius 2 is 1.68 bits per heavy atom. The summed E-state index contributed by atoms with van der Waals surface area (Å²) in [5.41, 5.74) is 3.56. The molecule has 0 unspecified atom stereocenters. The number of urea groups is 1. The van der Waals surface area contributed by atoms with Crippen LogP contribution < -0.4 is 10.9 Å². The molecule has 2 aromatic heterocycles. The van der Waals surface area contributed by atoms with Crippen molar-refractivity contribution >= 4 is 27.6 Å². The number of nitrogens with one attached hydrogen (secondary N) is 1. The number of rotatable bonds is 5. The first-order valence-corrected chi connectivity index (χ1v) is 13.8. The molecule has 0 saturated carbocycles. The maximum absolute atomic E-state index is 13.6. The highest BCUT2D eigenvalue weighted by Crippen LogP contribution is 2.33. The predicted molar refractivity (Wildman–Crippen MR) is 147 cm³/mol. The summed E-state index contributed by atoms with van der Waals surface area (Å²) in [5.74, 6) is 0. The highest BCUT2D eigenvalue weighted by molar-refractivity contribution is 7.18. The average Bonchev–Trinajstić information content (AvgIpc) is 3.32. The summed E-state index contributed by atoms with van der Waals surface area (Å²) in [6.07, 6.45) is 4.32. The molecule has 0 radical (unpaired) electrons. The second-order valence-corrected chi connectivity index (χ2v) is 11.0. The van der Waals surface area contributed by atoms with E-state index in [0.717, 1.165) is 58.7 Å². The van der Waals surface area contributed by atoms with Gasteiger partial charge in [0.15, 0.2) is 0 Å². The minimum Gasteiger partial charge on any atom is -0.334 e. The largest absolute Gasteiger partial charge is 0.334 e. The minimum absolute atomic E-state index is 0.0698. The molecule has 4 heterocycles. The molecule has 190 valence electrons. The van der Waals surface area contributed by atoms with Crippen molar-refractivity contribution in [2.24, 2.45) is 0 Å².